The number of hydrogen-bond donors (Lipinski definition) is 1. The van der Waals surface area contributed by atoms with Gasteiger partial charge in [0.2, 0.25) is 17.8 Å². The van der Waals surface area contributed by atoms with E-state index < -0.39 is 5.92 Å². The fourth-order valence-corrected chi connectivity index (χ4v) is 4.06. The minimum absolute atomic E-state index is 0.0607. The number of amides is 2. The van der Waals surface area contributed by atoms with Crippen LogP contribution in [0.5, 0.6) is 5.75 Å². The van der Waals surface area contributed by atoms with Crippen LogP contribution in [-0.4, -0.2) is 48.5 Å². The molecule has 2 aromatic rings. The number of nitrogens with zero attached hydrogens (tertiary/aromatic N) is 4. The molecular weight excluding hydrogens is 382 g/mol. The van der Waals surface area contributed by atoms with Gasteiger partial charge in [0.15, 0.2) is 0 Å². The van der Waals surface area contributed by atoms with Gasteiger partial charge in [-0.2, -0.15) is 0 Å². The topological polar surface area (TPSA) is 87.7 Å². The zero-order chi connectivity index (χ0) is 21.3. The quantitative estimate of drug-likeness (QED) is 0.817. The Morgan fingerprint density at radius 2 is 1.73 bits per heavy atom. The normalized spacial score (nSPS) is 18.8. The van der Waals surface area contributed by atoms with Crippen molar-refractivity contribution in [3.05, 3.63) is 35.7 Å². The number of carbonyl (C=O) groups excluding carboxylic acids is 2. The largest absolute Gasteiger partial charge is 0.497 e. The summed E-state index contributed by atoms with van der Waals surface area (Å²) in [5.41, 5.74) is 2.89. The summed E-state index contributed by atoms with van der Waals surface area (Å²) in [4.78, 5) is 38.4. The molecule has 2 amide bonds. The highest BCUT2D eigenvalue weighted by atomic mass is 16.5. The summed E-state index contributed by atoms with van der Waals surface area (Å²) in [7, 11) is 1.60. The van der Waals surface area contributed by atoms with Crippen molar-refractivity contribution in [1.29, 1.82) is 0 Å². The molecule has 3 heterocycles. The molecule has 2 saturated heterocycles. The van der Waals surface area contributed by atoms with Crippen LogP contribution in [0.4, 0.5) is 17.3 Å². The van der Waals surface area contributed by atoms with Crippen molar-refractivity contribution in [3.63, 3.8) is 0 Å². The van der Waals surface area contributed by atoms with Crippen molar-refractivity contribution in [2.45, 2.75) is 33.1 Å². The third kappa shape index (κ3) is 3.94. The van der Waals surface area contributed by atoms with Gasteiger partial charge in [-0.3, -0.25) is 9.59 Å². The fourth-order valence-electron chi connectivity index (χ4n) is 4.06. The van der Waals surface area contributed by atoms with Gasteiger partial charge in [-0.1, -0.05) is 0 Å². The van der Waals surface area contributed by atoms with E-state index >= 15 is 0 Å². The number of rotatable bonds is 5. The number of ether oxygens (including phenoxy) is 1. The van der Waals surface area contributed by atoms with Crippen LogP contribution in [0.2, 0.25) is 0 Å². The van der Waals surface area contributed by atoms with Crippen molar-refractivity contribution >= 4 is 29.1 Å². The number of benzene rings is 1. The Labute approximate surface area is 176 Å². The van der Waals surface area contributed by atoms with E-state index in [4.69, 9.17) is 4.74 Å². The molecule has 1 aromatic heterocycles. The standard InChI is InChI=1S/C22H27N5O3/c1-14-20(15(2)24-22(23-14)26-10-4-5-11-26)25-21(29)16-12-19(28)27(13-16)17-6-8-18(30-3)9-7-17/h6-9,16H,4-5,10-13H2,1-3H3,(H,25,29). The van der Waals surface area contributed by atoms with Crippen LogP contribution in [0, 0.1) is 19.8 Å². The Morgan fingerprint density at radius 1 is 1.10 bits per heavy atom. The van der Waals surface area contributed by atoms with Gasteiger partial charge in [0.1, 0.15) is 5.75 Å². The lowest BCUT2D eigenvalue weighted by Crippen LogP contribution is -2.29. The van der Waals surface area contributed by atoms with E-state index in [2.05, 4.69) is 20.2 Å². The molecule has 4 rings (SSSR count). The van der Waals surface area contributed by atoms with E-state index in [0.29, 0.717) is 12.2 Å². The molecule has 1 unspecified atom stereocenters. The number of carbonyl (C=O) groups is 2. The van der Waals surface area contributed by atoms with Crippen LogP contribution in [0.1, 0.15) is 30.7 Å². The molecule has 158 valence electrons. The highest BCUT2D eigenvalue weighted by Gasteiger charge is 2.35. The Bertz CT molecular complexity index is 931. The number of anilines is 3. The van der Waals surface area contributed by atoms with Crippen LogP contribution in [0.25, 0.3) is 0 Å². The highest BCUT2D eigenvalue weighted by molar-refractivity contribution is 6.03. The minimum Gasteiger partial charge on any atom is -0.497 e. The molecule has 0 aliphatic carbocycles. The lowest BCUT2D eigenvalue weighted by Gasteiger charge is -2.19. The van der Waals surface area contributed by atoms with E-state index in [1.165, 1.54) is 0 Å². The fraction of sp³-hybridized carbons (Fsp3) is 0.455. The molecule has 1 aromatic carbocycles. The Hall–Kier alpha value is -3.16. The Kier molecular flexibility index (Phi) is 5.57. The van der Waals surface area contributed by atoms with Gasteiger partial charge in [0.05, 0.1) is 30.1 Å². The monoisotopic (exact) mass is 409 g/mol. The van der Waals surface area contributed by atoms with Crippen LogP contribution in [0.3, 0.4) is 0 Å². The number of aromatic nitrogens is 2. The number of aryl methyl sites for hydroxylation is 2. The molecule has 2 fully saturated rings. The molecule has 0 bridgehead atoms. The Balaban J connectivity index is 1.45. The van der Waals surface area contributed by atoms with Crippen LogP contribution in [0.15, 0.2) is 24.3 Å². The van der Waals surface area contributed by atoms with Crippen molar-refractivity contribution in [2.75, 3.05) is 41.9 Å². The van der Waals surface area contributed by atoms with E-state index in [1.807, 2.05) is 38.1 Å². The molecule has 1 atom stereocenters. The van der Waals surface area contributed by atoms with E-state index in [0.717, 1.165) is 54.7 Å². The maximum absolute atomic E-state index is 12.9. The summed E-state index contributed by atoms with van der Waals surface area (Å²) in [6, 6.07) is 7.27. The molecule has 0 spiro atoms. The molecule has 0 radical (unpaired) electrons. The molecule has 0 saturated carbocycles. The number of nitrogens with one attached hydrogen (secondary N) is 1. The van der Waals surface area contributed by atoms with E-state index in [-0.39, 0.29) is 18.2 Å². The lowest BCUT2D eigenvalue weighted by atomic mass is 10.1. The first-order valence-electron chi connectivity index (χ1n) is 10.3. The van der Waals surface area contributed by atoms with Gasteiger partial charge < -0.3 is 19.9 Å². The predicted molar refractivity (Wildman–Crippen MR) is 115 cm³/mol. The van der Waals surface area contributed by atoms with Crippen LogP contribution in [-0.2, 0) is 9.59 Å². The highest BCUT2D eigenvalue weighted by Crippen LogP contribution is 2.29. The first-order valence-corrected chi connectivity index (χ1v) is 10.3. The SMILES string of the molecule is COc1ccc(N2CC(C(=O)Nc3c(C)nc(N4CCCC4)nc3C)CC2=O)cc1. The number of methoxy groups -OCH3 is 1. The summed E-state index contributed by atoms with van der Waals surface area (Å²) in [5.74, 6) is 0.791. The van der Waals surface area contributed by atoms with Gasteiger partial charge in [0.25, 0.3) is 0 Å². The predicted octanol–water partition coefficient (Wildman–Crippen LogP) is 2.69. The van der Waals surface area contributed by atoms with Crippen molar-refractivity contribution in [1.82, 2.24) is 9.97 Å². The maximum atomic E-state index is 12.9. The van der Waals surface area contributed by atoms with Crippen molar-refractivity contribution in [3.8, 4) is 5.75 Å². The molecule has 2 aliphatic heterocycles. The third-order valence-corrected chi connectivity index (χ3v) is 5.78. The lowest BCUT2D eigenvalue weighted by molar-refractivity contribution is -0.122. The molecular formula is C22H27N5O3. The van der Waals surface area contributed by atoms with Gasteiger partial charge in [-0.25, -0.2) is 9.97 Å². The third-order valence-electron chi connectivity index (χ3n) is 5.78. The second-order valence-corrected chi connectivity index (χ2v) is 7.86. The second-order valence-electron chi connectivity index (χ2n) is 7.86. The van der Waals surface area contributed by atoms with Crippen molar-refractivity contribution in [2.24, 2.45) is 5.92 Å². The van der Waals surface area contributed by atoms with Gasteiger partial charge in [0, 0.05) is 31.7 Å². The Morgan fingerprint density at radius 3 is 2.33 bits per heavy atom. The van der Waals surface area contributed by atoms with Gasteiger partial charge in [-0.05, 0) is 51.0 Å². The van der Waals surface area contributed by atoms with Crippen LogP contribution < -0.4 is 19.9 Å². The maximum Gasteiger partial charge on any atom is 0.229 e. The summed E-state index contributed by atoms with van der Waals surface area (Å²) in [6.45, 7) is 6.05. The zero-order valence-corrected chi connectivity index (χ0v) is 17.6. The van der Waals surface area contributed by atoms with E-state index in [1.54, 1.807) is 12.0 Å². The summed E-state index contributed by atoms with van der Waals surface area (Å²) in [5, 5.41) is 2.97. The molecule has 8 heteroatoms. The molecule has 1 N–H and O–H groups in total. The second kappa shape index (κ2) is 8.30. The summed E-state index contributed by atoms with van der Waals surface area (Å²) < 4.78 is 5.17. The minimum atomic E-state index is -0.420. The molecule has 8 nitrogen and oxygen atoms in total. The molecule has 30 heavy (non-hydrogen) atoms. The first-order chi connectivity index (χ1) is 14.5. The smallest absolute Gasteiger partial charge is 0.229 e. The van der Waals surface area contributed by atoms with Gasteiger partial charge in [-0.15, -0.1) is 0 Å². The summed E-state index contributed by atoms with van der Waals surface area (Å²) >= 11 is 0. The average Bonchev–Trinajstić information content (AvgIpc) is 3.40. The molecule has 2 aliphatic rings. The average molecular weight is 409 g/mol. The van der Waals surface area contributed by atoms with E-state index in [9.17, 15) is 9.59 Å². The van der Waals surface area contributed by atoms with Crippen molar-refractivity contribution < 1.29 is 14.3 Å². The summed E-state index contributed by atoms with van der Waals surface area (Å²) in [6.07, 6.45) is 2.49. The first kappa shape index (κ1) is 20.1. The van der Waals surface area contributed by atoms with Gasteiger partial charge >= 0.3 is 0 Å². The number of hydrogen-bond acceptors (Lipinski definition) is 6. The zero-order valence-electron chi connectivity index (χ0n) is 17.6. The van der Waals surface area contributed by atoms with Crippen LogP contribution >= 0.6 is 0 Å².